The fourth-order valence-corrected chi connectivity index (χ4v) is 4.50. The molecule has 0 atom stereocenters. The number of ether oxygens (including phenoxy) is 3. The van der Waals surface area contributed by atoms with Gasteiger partial charge in [0.2, 0.25) is 5.82 Å². The molecule has 0 fully saturated rings. The maximum atomic E-state index is 13.0. The lowest BCUT2D eigenvalue weighted by Gasteiger charge is -2.14. The van der Waals surface area contributed by atoms with Crippen LogP contribution in [0.5, 0.6) is 11.5 Å². The first kappa shape index (κ1) is 26.7. The van der Waals surface area contributed by atoms with Crippen LogP contribution in [0.25, 0.3) is 11.4 Å². The Morgan fingerprint density at radius 3 is 2.53 bits per heavy atom. The van der Waals surface area contributed by atoms with Crippen molar-refractivity contribution in [3.63, 3.8) is 0 Å². The summed E-state index contributed by atoms with van der Waals surface area (Å²) in [5.41, 5.74) is 1.77. The van der Waals surface area contributed by atoms with Crippen LogP contribution in [0.3, 0.4) is 0 Å². The highest BCUT2D eigenvalue weighted by Gasteiger charge is 2.18. The van der Waals surface area contributed by atoms with E-state index in [1.807, 2.05) is 49.4 Å². The van der Waals surface area contributed by atoms with Crippen molar-refractivity contribution in [1.82, 2.24) is 20.6 Å². The molecule has 0 aliphatic heterocycles. The van der Waals surface area contributed by atoms with Crippen molar-refractivity contribution in [3.05, 3.63) is 72.3 Å². The van der Waals surface area contributed by atoms with Gasteiger partial charge < -0.3 is 19.5 Å². The highest BCUT2D eigenvalue weighted by Crippen LogP contribution is 2.42. The molecule has 0 saturated carbocycles. The predicted octanol–water partition coefficient (Wildman–Crippen LogP) is 5.00. The Hall–Kier alpha value is -4.38. The number of aromatic nitrogens is 4. The van der Waals surface area contributed by atoms with Crippen molar-refractivity contribution in [2.45, 2.75) is 29.6 Å². The smallest absolute Gasteiger partial charge is 0.344 e. The fraction of sp³-hybridized carbons (Fsp3) is 0.222. The molecule has 1 amide bonds. The molecule has 0 spiro atoms. The van der Waals surface area contributed by atoms with Crippen molar-refractivity contribution in [1.29, 1.82) is 0 Å². The summed E-state index contributed by atoms with van der Waals surface area (Å²) in [6.45, 7) is 2.22. The zero-order valence-corrected chi connectivity index (χ0v) is 21.8. The van der Waals surface area contributed by atoms with Crippen LogP contribution in [0.2, 0.25) is 0 Å². The summed E-state index contributed by atoms with van der Waals surface area (Å²) in [6, 6.07) is 19.7. The van der Waals surface area contributed by atoms with E-state index in [2.05, 4.69) is 25.9 Å². The van der Waals surface area contributed by atoms with Gasteiger partial charge in [-0.05, 0) is 60.2 Å². The number of esters is 1. The van der Waals surface area contributed by atoms with E-state index in [1.165, 1.54) is 11.8 Å². The second kappa shape index (κ2) is 13.2. The molecule has 0 aliphatic carbocycles. The third-order valence-corrected chi connectivity index (χ3v) is 6.50. The number of anilines is 1. The summed E-state index contributed by atoms with van der Waals surface area (Å²) in [5, 5.41) is 17.3. The summed E-state index contributed by atoms with van der Waals surface area (Å²) in [6.07, 6.45) is 1.76. The number of tetrazole rings is 1. The Balaban J connectivity index is 1.44. The molecular weight excluding hydrogens is 506 g/mol. The number of nitrogens with zero attached hydrogens (tertiary/aromatic N) is 3. The van der Waals surface area contributed by atoms with E-state index < -0.39 is 5.97 Å². The lowest BCUT2D eigenvalue weighted by Crippen LogP contribution is -2.15. The number of carbonyl (C=O) groups excluding carboxylic acids is 2. The molecule has 0 bridgehead atoms. The molecule has 1 aromatic heterocycles. The van der Waals surface area contributed by atoms with Crippen LogP contribution in [-0.2, 0) is 9.53 Å². The number of benzene rings is 3. The number of aromatic amines is 1. The zero-order chi connectivity index (χ0) is 26.7. The molecular formula is C27H27N5O5S. The third-order valence-electron chi connectivity index (χ3n) is 5.37. The number of hydrogen-bond donors (Lipinski definition) is 2. The van der Waals surface area contributed by atoms with E-state index in [4.69, 9.17) is 14.2 Å². The second-order valence-corrected chi connectivity index (χ2v) is 9.09. The minimum absolute atomic E-state index is 0.185. The molecule has 11 heteroatoms. The average Bonchev–Trinajstić information content (AvgIpc) is 3.48. The van der Waals surface area contributed by atoms with E-state index in [9.17, 15) is 9.59 Å². The van der Waals surface area contributed by atoms with Crippen LogP contribution in [0.1, 0.15) is 30.1 Å². The van der Waals surface area contributed by atoms with Gasteiger partial charge in [-0.3, -0.25) is 4.79 Å². The van der Waals surface area contributed by atoms with Crippen LogP contribution in [0.15, 0.2) is 76.5 Å². The monoisotopic (exact) mass is 533 g/mol. The molecule has 0 aliphatic rings. The number of para-hydroxylation sites is 1. The summed E-state index contributed by atoms with van der Waals surface area (Å²) >= 11 is 1.44. The number of carbonyl (C=O) groups is 2. The van der Waals surface area contributed by atoms with Crippen LogP contribution < -0.4 is 14.8 Å². The van der Waals surface area contributed by atoms with Gasteiger partial charge in [0.1, 0.15) is 11.5 Å². The van der Waals surface area contributed by atoms with Gasteiger partial charge in [-0.15, -0.1) is 10.2 Å². The molecule has 196 valence electrons. The molecule has 2 N–H and O–H groups in total. The summed E-state index contributed by atoms with van der Waals surface area (Å²) in [5.74, 6) is 0.773. The van der Waals surface area contributed by atoms with Gasteiger partial charge in [-0.25, -0.2) is 4.79 Å². The number of amides is 1. The molecule has 1 heterocycles. The van der Waals surface area contributed by atoms with Gasteiger partial charge in [0.15, 0.2) is 6.61 Å². The molecule has 3 aromatic carbocycles. The van der Waals surface area contributed by atoms with Gasteiger partial charge >= 0.3 is 5.97 Å². The molecule has 10 nitrogen and oxygen atoms in total. The van der Waals surface area contributed by atoms with E-state index >= 15 is 0 Å². The van der Waals surface area contributed by atoms with Gasteiger partial charge in [0.05, 0.1) is 25.0 Å². The molecule has 38 heavy (non-hydrogen) atoms. The first-order chi connectivity index (χ1) is 18.6. The van der Waals surface area contributed by atoms with E-state index in [0.717, 1.165) is 22.6 Å². The molecule has 0 unspecified atom stereocenters. The van der Waals surface area contributed by atoms with Crippen LogP contribution in [-0.4, -0.2) is 52.8 Å². The normalized spacial score (nSPS) is 10.6. The quantitative estimate of drug-likeness (QED) is 0.191. The first-order valence-corrected chi connectivity index (χ1v) is 12.8. The summed E-state index contributed by atoms with van der Waals surface area (Å²) < 4.78 is 16.1. The lowest BCUT2D eigenvalue weighted by molar-refractivity contribution is -0.146. The summed E-state index contributed by atoms with van der Waals surface area (Å²) in [7, 11) is 1.58. The first-order valence-electron chi connectivity index (χ1n) is 12.0. The van der Waals surface area contributed by atoms with E-state index in [1.54, 1.807) is 31.4 Å². The Morgan fingerprint density at radius 1 is 1.00 bits per heavy atom. The number of H-pyrrole nitrogens is 1. The number of nitrogens with one attached hydrogen (secondary N) is 2. The number of hydrogen-bond acceptors (Lipinski definition) is 9. The van der Waals surface area contributed by atoms with Crippen LogP contribution >= 0.6 is 11.8 Å². The largest absolute Gasteiger partial charge is 0.496 e. The van der Waals surface area contributed by atoms with Crippen molar-refractivity contribution < 1.29 is 23.8 Å². The molecule has 0 saturated heterocycles. The topological polar surface area (TPSA) is 128 Å². The molecule has 4 aromatic rings. The standard InChI is InChI=1S/C27H27N5O5S/c1-3-4-16-36-24(33)17-37-19-14-12-18(13-15-19)27(34)28-20-8-5-6-10-22(20)38-23-11-7-9-21(35-2)25(23)26-29-31-32-30-26/h5-15H,3-4,16-17H2,1-2H3,(H,28,34)(H,29,30,31,32). The van der Waals surface area contributed by atoms with Crippen molar-refractivity contribution in [3.8, 4) is 22.9 Å². The summed E-state index contributed by atoms with van der Waals surface area (Å²) in [4.78, 5) is 26.4. The van der Waals surface area contributed by atoms with E-state index in [0.29, 0.717) is 40.7 Å². The minimum Gasteiger partial charge on any atom is -0.496 e. The van der Waals surface area contributed by atoms with Crippen LogP contribution in [0, 0.1) is 0 Å². The minimum atomic E-state index is -0.423. The Kier molecular flexibility index (Phi) is 9.30. The fourth-order valence-electron chi connectivity index (χ4n) is 3.44. The predicted molar refractivity (Wildman–Crippen MR) is 142 cm³/mol. The van der Waals surface area contributed by atoms with Gasteiger partial charge in [-0.2, -0.15) is 5.21 Å². The van der Waals surface area contributed by atoms with E-state index in [-0.39, 0.29) is 12.5 Å². The van der Waals surface area contributed by atoms with Gasteiger partial charge in [0.25, 0.3) is 5.91 Å². The van der Waals surface area contributed by atoms with Crippen molar-refractivity contribution >= 4 is 29.3 Å². The number of rotatable bonds is 12. The number of unbranched alkanes of at least 4 members (excludes halogenated alkanes) is 1. The highest BCUT2D eigenvalue weighted by molar-refractivity contribution is 7.99. The second-order valence-electron chi connectivity index (χ2n) is 8.01. The zero-order valence-electron chi connectivity index (χ0n) is 21.0. The average molecular weight is 534 g/mol. The maximum Gasteiger partial charge on any atom is 0.344 e. The van der Waals surface area contributed by atoms with Gasteiger partial charge in [0, 0.05) is 15.4 Å². The Labute approximate surface area is 224 Å². The third kappa shape index (κ3) is 6.88. The maximum absolute atomic E-state index is 13.0. The number of methoxy groups -OCH3 is 1. The van der Waals surface area contributed by atoms with Crippen LogP contribution in [0.4, 0.5) is 5.69 Å². The highest BCUT2D eigenvalue weighted by atomic mass is 32.2. The molecule has 0 radical (unpaired) electrons. The van der Waals surface area contributed by atoms with Gasteiger partial charge in [-0.1, -0.05) is 43.3 Å². The lowest BCUT2D eigenvalue weighted by atomic mass is 10.2. The van der Waals surface area contributed by atoms with Crippen molar-refractivity contribution in [2.75, 3.05) is 25.6 Å². The Bertz CT molecular complexity index is 1360. The molecule has 4 rings (SSSR count). The Morgan fingerprint density at radius 2 is 1.79 bits per heavy atom. The SMILES string of the molecule is CCCCOC(=O)COc1ccc(C(=O)Nc2ccccc2Sc2cccc(OC)c2-c2nn[nH]n2)cc1. The van der Waals surface area contributed by atoms with Crippen molar-refractivity contribution in [2.24, 2.45) is 0 Å².